The zero-order chi connectivity index (χ0) is 20.7. The largest absolute Gasteiger partial charge is 0.355 e. The minimum atomic E-state index is -2.51. The monoisotopic (exact) mass is 422 g/mol. The normalized spacial score (nSPS) is 24.4. The van der Waals surface area contributed by atoms with Crippen molar-refractivity contribution in [1.29, 1.82) is 0 Å². The zero-order valence-corrected chi connectivity index (χ0v) is 16.5. The molecule has 3 aliphatic heterocycles. The van der Waals surface area contributed by atoms with Crippen LogP contribution in [0.15, 0.2) is 12.4 Å². The Morgan fingerprint density at radius 2 is 2.00 bits per heavy atom. The fraction of sp³-hybridized carbons (Fsp3) is 0.684. The number of hydrogen-bond donors (Lipinski definition) is 1. The lowest BCUT2D eigenvalue weighted by atomic mass is 9.71. The second-order valence-corrected chi connectivity index (χ2v) is 8.21. The van der Waals surface area contributed by atoms with Gasteiger partial charge in [-0.05, 0) is 12.8 Å². The smallest absolute Gasteiger partial charge is 0.258 e. The molecule has 1 unspecified atom stereocenters. The predicted molar refractivity (Wildman–Crippen MR) is 102 cm³/mol. The van der Waals surface area contributed by atoms with Crippen LogP contribution in [0.2, 0.25) is 0 Å². The molecule has 2 aromatic heterocycles. The summed E-state index contributed by atoms with van der Waals surface area (Å²) in [5.41, 5.74) is 0.729. The summed E-state index contributed by atoms with van der Waals surface area (Å²) in [6.07, 6.45) is 3.14. The first-order valence-electron chi connectivity index (χ1n) is 10.3. The summed E-state index contributed by atoms with van der Waals surface area (Å²) >= 11 is 0. The first-order chi connectivity index (χ1) is 14.5. The van der Waals surface area contributed by atoms with Crippen molar-refractivity contribution in [2.45, 2.75) is 51.0 Å². The van der Waals surface area contributed by atoms with Gasteiger partial charge in [0.15, 0.2) is 11.9 Å². The molecule has 11 heteroatoms. The maximum Gasteiger partial charge on any atom is 0.258 e. The minimum Gasteiger partial charge on any atom is -0.355 e. The van der Waals surface area contributed by atoms with E-state index < -0.39 is 13.0 Å². The van der Waals surface area contributed by atoms with E-state index in [1.807, 2.05) is 0 Å². The van der Waals surface area contributed by atoms with Gasteiger partial charge in [-0.3, -0.25) is 4.79 Å². The Kier molecular flexibility index (Phi) is 5.02. The van der Waals surface area contributed by atoms with Crippen molar-refractivity contribution >= 4 is 22.9 Å². The van der Waals surface area contributed by atoms with Gasteiger partial charge in [-0.1, -0.05) is 0 Å². The molecule has 1 amide bonds. The van der Waals surface area contributed by atoms with Gasteiger partial charge in [0.25, 0.3) is 6.43 Å². The summed E-state index contributed by atoms with van der Waals surface area (Å²) < 4.78 is 37.9. The van der Waals surface area contributed by atoms with Crippen LogP contribution in [0.4, 0.5) is 14.6 Å². The van der Waals surface area contributed by atoms with Gasteiger partial charge in [-0.2, -0.15) is 5.10 Å². The first kappa shape index (κ1) is 19.6. The number of carbonyl (C=O) groups excluding carboxylic acids is 1. The highest BCUT2D eigenvalue weighted by Crippen LogP contribution is 2.44. The van der Waals surface area contributed by atoms with E-state index in [1.165, 1.54) is 10.9 Å². The van der Waals surface area contributed by atoms with E-state index in [4.69, 9.17) is 9.47 Å². The lowest BCUT2D eigenvalue weighted by molar-refractivity contribution is -0.120. The molecule has 2 aromatic rings. The molecule has 1 spiro atoms. The SMILES string of the molecule is O=C1CC2(CCN(c3cnc4cnn(CC(F)F)c4n3)CC2)C(CC2OCCO2)N1. The summed E-state index contributed by atoms with van der Waals surface area (Å²) in [5.74, 6) is 0.716. The average molecular weight is 422 g/mol. The van der Waals surface area contributed by atoms with Crippen LogP contribution in [0.5, 0.6) is 0 Å². The molecule has 1 N–H and O–H groups in total. The van der Waals surface area contributed by atoms with Crippen molar-refractivity contribution in [3.05, 3.63) is 12.4 Å². The number of nitrogens with zero attached hydrogens (tertiary/aromatic N) is 5. The molecule has 0 aromatic carbocycles. The van der Waals surface area contributed by atoms with Gasteiger partial charge >= 0.3 is 0 Å². The van der Waals surface area contributed by atoms with Crippen LogP contribution in [-0.2, 0) is 20.8 Å². The van der Waals surface area contributed by atoms with E-state index in [1.54, 1.807) is 6.20 Å². The van der Waals surface area contributed by atoms with Crippen molar-refractivity contribution in [2.75, 3.05) is 31.2 Å². The van der Waals surface area contributed by atoms with Gasteiger partial charge in [-0.25, -0.2) is 23.4 Å². The standard InChI is InChI=1S/C19H24F2N6O3/c20-14(21)11-27-18-12(9-23-27)22-10-15(25-18)26-3-1-19(2-4-26)8-16(28)24-13(19)7-17-29-5-6-30-17/h9-10,13-14,17H,1-8,11H2,(H,24,28). The zero-order valence-electron chi connectivity index (χ0n) is 16.5. The quantitative estimate of drug-likeness (QED) is 0.777. The third-order valence-corrected chi connectivity index (χ3v) is 6.43. The third-order valence-electron chi connectivity index (χ3n) is 6.43. The molecule has 5 rings (SSSR count). The lowest BCUT2D eigenvalue weighted by Crippen LogP contribution is -2.47. The van der Waals surface area contributed by atoms with Crippen molar-refractivity contribution in [3.8, 4) is 0 Å². The molecular formula is C19H24F2N6O3. The van der Waals surface area contributed by atoms with Crippen molar-refractivity contribution in [2.24, 2.45) is 5.41 Å². The predicted octanol–water partition coefficient (Wildman–Crippen LogP) is 1.33. The maximum atomic E-state index is 12.8. The molecule has 1 atom stereocenters. The molecule has 30 heavy (non-hydrogen) atoms. The summed E-state index contributed by atoms with van der Waals surface area (Å²) in [7, 11) is 0. The summed E-state index contributed by atoms with van der Waals surface area (Å²) in [4.78, 5) is 23.2. The van der Waals surface area contributed by atoms with Gasteiger partial charge in [-0.15, -0.1) is 0 Å². The van der Waals surface area contributed by atoms with Crippen LogP contribution in [-0.4, -0.2) is 70.7 Å². The van der Waals surface area contributed by atoms with Gasteiger partial charge in [0.1, 0.15) is 17.9 Å². The summed E-state index contributed by atoms with van der Waals surface area (Å²) in [6, 6.07) is 0.0243. The van der Waals surface area contributed by atoms with Crippen molar-refractivity contribution in [3.63, 3.8) is 0 Å². The number of rotatable bonds is 5. The topological polar surface area (TPSA) is 94.4 Å². The van der Waals surface area contributed by atoms with E-state index in [2.05, 4.69) is 25.3 Å². The molecule has 5 heterocycles. The molecule has 3 saturated heterocycles. The van der Waals surface area contributed by atoms with Gasteiger partial charge < -0.3 is 19.7 Å². The Morgan fingerprint density at radius 1 is 1.23 bits per heavy atom. The van der Waals surface area contributed by atoms with E-state index >= 15 is 0 Å². The maximum absolute atomic E-state index is 12.8. The molecule has 0 bridgehead atoms. The number of nitrogens with one attached hydrogen (secondary N) is 1. The van der Waals surface area contributed by atoms with Gasteiger partial charge in [0.05, 0.1) is 25.6 Å². The first-order valence-corrected chi connectivity index (χ1v) is 10.3. The van der Waals surface area contributed by atoms with Crippen LogP contribution in [0, 0.1) is 5.41 Å². The highest BCUT2D eigenvalue weighted by molar-refractivity contribution is 5.80. The Labute approximate surface area is 171 Å². The fourth-order valence-corrected chi connectivity index (χ4v) is 4.85. The lowest BCUT2D eigenvalue weighted by Gasteiger charge is -2.42. The number of amides is 1. The van der Waals surface area contributed by atoms with Crippen LogP contribution in [0.1, 0.15) is 25.7 Å². The average Bonchev–Trinajstić information content (AvgIpc) is 3.43. The number of ether oxygens (including phenoxy) is 2. The Bertz CT molecular complexity index is 924. The Balaban J connectivity index is 1.30. The number of fused-ring (bicyclic) bond motifs is 1. The van der Waals surface area contributed by atoms with E-state index in [0.717, 1.165) is 12.8 Å². The van der Waals surface area contributed by atoms with Crippen LogP contribution >= 0.6 is 0 Å². The molecule has 9 nitrogen and oxygen atoms in total. The third kappa shape index (κ3) is 3.60. The molecule has 3 aliphatic rings. The fourth-order valence-electron chi connectivity index (χ4n) is 4.85. The number of alkyl halides is 2. The molecular weight excluding hydrogens is 398 g/mol. The summed E-state index contributed by atoms with van der Waals surface area (Å²) in [5, 5.41) is 7.08. The number of carbonyl (C=O) groups is 1. The second kappa shape index (κ2) is 7.69. The second-order valence-electron chi connectivity index (χ2n) is 8.21. The number of anilines is 1. The van der Waals surface area contributed by atoms with Crippen molar-refractivity contribution < 1.29 is 23.0 Å². The van der Waals surface area contributed by atoms with E-state index in [-0.39, 0.29) is 23.7 Å². The van der Waals surface area contributed by atoms with Crippen LogP contribution < -0.4 is 10.2 Å². The van der Waals surface area contributed by atoms with Crippen LogP contribution in [0.3, 0.4) is 0 Å². The van der Waals surface area contributed by atoms with E-state index in [9.17, 15) is 13.6 Å². The molecule has 0 saturated carbocycles. The number of aromatic nitrogens is 4. The Hall–Kier alpha value is -2.40. The minimum absolute atomic E-state index is 0.0243. The van der Waals surface area contributed by atoms with Gasteiger partial charge in [0, 0.05) is 37.4 Å². The Morgan fingerprint density at radius 3 is 2.73 bits per heavy atom. The number of hydrogen-bond acceptors (Lipinski definition) is 7. The van der Waals surface area contributed by atoms with E-state index in [0.29, 0.717) is 56.1 Å². The number of halogens is 2. The molecule has 162 valence electrons. The number of piperidine rings is 1. The highest BCUT2D eigenvalue weighted by Gasteiger charge is 2.49. The summed E-state index contributed by atoms with van der Waals surface area (Å²) in [6.45, 7) is 2.10. The molecule has 0 aliphatic carbocycles. The highest BCUT2D eigenvalue weighted by atomic mass is 19.3. The van der Waals surface area contributed by atoms with Crippen LogP contribution in [0.25, 0.3) is 11.2 Å². The molecule has 0 radical (unpaired) electrons. The van der Waals surface area contributed by atoms with Gasteiger partial charge in [0.2, 0.25) is 5.91 Å². The van der Waals surface area contributed by atoms with Crippen molar-refractivity contribution in [1.82, 2.24) is 25.1 Å². The molecule has 3 fully saturated rings.